The van der Waals surface area contributed by atoms with Crippen LogP contribution in [0.1, 0.15) is 11.1 Å². The van der Waals surface area contributed by atoms with Gasteiger partial charge in [-0.3, -0.25) is 0 Å². The highest BCUT2D eigenvalue weighted by atomic mass is 35.7. The Balaban J connectivity index is 2.22. The van der Waals surface area contributed by atoms with Crippen molar-refractivity contribution >= 4 is 19.7 Å². The quantitative estimate of drug-likeness (QED) is 0.791. The molecule has 0 fully saturated rings. The maximum absolute atomic E-state index is 10.9. The molecular weight excluding hydrogens is 264 g/mol. The van der Waals surface area contributed by atoms with Gasteiger partial charge in [-0.25, -0.2) is 8.42 Å². The lowest BCUT2D eigenvalue weighted by Gasteiger charge is -2.21. The maximum Gasteiger partial charge on any atom is 0.232 e. The Morgan fingerprint density at radius 2 is 2.00 bits per heavy atom. The summed E-state index contributed by atoms with van der Waals surface area (Å²) in [5.74, 6) is 1.35. The normalized spacial score (nSPS) is 14.7. The van der Waals surface area contributed by atoms with Crippen LogP contribution in [0.15, 0.2) is 12.1 Å². The van der Waals surface area contributed by atoms with Crippen LogP contribution in [0.5, 0.6) is 11.5 Å². The van der Waals surface area contributed by atoms with Gasteiger partial charge in [0, 0.05) is 10.7 Å². The third-order valence-corrected chi connectivity index (χ3v) is 3.68. The molecule has 0 spiro atoms. The van der Waals surface area contributed by atoms with Crippen LogP contribution in [0.25, 0.3) is 0 Å². The highest BCUT2D eigenvalue weighted by molar-refractivity contribution is 8.13. The Hall–Kier alpha value is -0.940. The SMILES string of the molecule is Cc1cc(CCS(=O)(=O)Cl)cc2c1OCCO2. The molecule has 0 atom stereocenters. The number of halogens is 1. The number of hydrogen-bond donors (Lipinski definition) is 0. The van der Waals surface area contributed by atoms with E-state index in [-0.39, 0.29) is 5.75 Å². The second-order valence-corrected chi connectivity index (χ2v) is 6.83. The van der Waals surface area contributed by atoms with Crippen LogP contribution >= 0.6 is 10.7 Å². The highest BCUT2D eigenvalue weighted by Crippen LogP contribution is 2.34. The average Bonchev–Trinajstić information content (AvgIpc) is 2.26. The van der Waals surface area contributed by atoms with Gasteiger partial charge in [-0.15, -0.1) is 0 Å². The standard InChI is InChI=1S/C11H13ClO4S/c1-8-6-9(2-5-17(12,13)14)7-10-11(8)16-4-3-15-10/h6-7H,2-5H2,1H3. The molecule has 1 aromatic carbocycles. The van der Waals surface area contributed by atoms with Crippen LogP contribution in [0.2, 0.25) is 0 Å². The van der Waals surface area contributed by atoms with Gasteiger partial charge in [-0.1, -0.05) is 6.07 Å². The molecule has 0 amide bonds. The van der Waals surface area contributed by atoms with E-state index in [0.717, 1.165) is 16.9 Å². The van der Waals surface area contributed by atoms with Gasteiger partial charge in [0.2, 0.25) is 9.05 Å². The molecule has 1 aliphatic rings. The summed E-state index contributed by atoms with van der Waals surface area (Å²) in [6.45, 7) is 2.97. The second-order valence-electron chi connectivity index (χ2n) is 3.93. The number of hydrogen-bond acceptors (Lipinski definition) is 4. The number of ether oxygens (including phenoxy) is 2. The number of benzene rings is 1. The molecular formula is C11H13ClO4S. The van der Waals surface area contributed by atoms with E-state index in [1.54, 1.807) is 0 Å². The smallest absolute Gasteiger partial charge is 0.232 e. The fourth-order valence-electron chi connectivity index (χ4n) is 1.79. The largest absolute Gasteiger partial charge is 0.486 e. The number of aryl methyl sites for hydroxylation is 2. The van der Waals surface area contributed by atoms with Crippen molar-refractivity contribution < 1.29 is 17.9 Å². The first-order valence-electron chi connectivity index (χ1n) is 5.27. The van der Waals surface area contributed by atoms with E-state index in [2.05, 4.69) is 0 Å². The van der Waals surface area contributed by atoms with E-state index in [4.69, 9.17) is 20.2 Å². The third kappa shape index (κ3) is 3.26. The summed E-state index contributed by atoms with van der Waals surface area (Å²) in [5, 5.41) is 0. The van der Waals surface area contributed by atoms with Crippen LogP contribution in [0.3, 0.4) is 0 Å². The minimum Gasteiger partial charge on any atom is -0.486 e. The number of fused-ring (bicyclic) bond motifs is 1. The van der Waals surface area contributed by atoms with Gasteiger partial charge >= 0.3 is 0 Å². The molecule has 0 saturated carbocycles. The molecule has 2 rings (SSSR count). The predicted octanol–water partition coefficient (Wildman–Crippen LogP) is 1.88. The van der Waals surface area contributed by atoms with Crippen LogP contribution in [0, 0.1) is 6.92 Å². The summed E-state index contributed by atoms with van der Waals surface area (Å²) in [5.41, 5.74) is 1.83. The molecule has 0 unspecified atom stereocenters. The lowest BCUT2D eigenvalue weighted by molar-refractivity contribution is 0.170. The van der Waals surface area contributed by atoms with Gasteiger partial charge in [-0.2, -0.15) is 0 Å². The zero-order valence-corrected chi connectivity index (χ0v) is 11.0. The molecule has 0 bridgehead atoms. The second kappa shape index (κ2) is 4.74. The molecule has 0 N–H and O–H groups in total. The fraction of sp³-hybridized carbons (Fsp3) is 0.455. The Labute approximate surface area is 105 Å². The van der Waals surface area contributed by atoms with Crippen molar-refractivity contribution in [2.24, 2.45) is 0 Å². The van der Waals surface area contributed by atoms with Crippen molar-refractivity contribution in [3.63, 3.8) is 0 Å². The van der Waals surface area contributed by atoms with Crippen molar-refractivity contribution in [2.45, 2.75) is 13.3 Å². The van der Waals surface area contributed by atoms with E-state index in [9.17, 15) is 8.42 Å². The Morgan fingerprint density at radius 1 is 1.29 bits per heavy atom. The van der Waals surface area contributed by atoms with E-state index in [0.29, 0.717) is 25.4 Å². The maximum atomic E-state index is 10.9. The Kier molecular flexibility index (Phi) is 3.49. The van der Waals surface area contributed by atoms with Crippen molar-refractivity contribution in [1.29, 1.82) is 0 Å². The van der Waals surface area contributed by atoms with Crippen molar-refractivity contribution in [3.8, 4) is 11.5 Å². The molecule has 0 aliphatic carbocycles. The molecule has 1 aliphatic heterocycles. The molecule has 1 aromatic rings. The van der Waals surface area contributed by atoms with E-state index >= 15 is 0 Å². The van der Waals surface area contributed by atoms with E-state index in [1.807, 2.05) is 19.1 Å². The Bertz CT molecular complexity index is 525. The van der Waals surface area contributed by atoms with Gasteiger partial charge in [0.1, 0.15) is 13.2 Å². The lowest BCUT2D eigenvalue weighted by Crippen LogP contribution is -2.16. The van der Waals surface area contributed by atoms with E-state index < -0.39 is 9.05 Å². The molecule has 0 saturated heterocycles. The van der Waals surface area contributed by atoms with E-state index in [1.165, 1.54) is 0 Å². The molecule has 4 nitrogen and oxygen atoms in total. The van der Waals surface area contributed by atoms with Crippen LogP contribution in [-0.2, 0) is 15.5 Å². The number of rotatable bonds is 3. The van der Waals surface area contributed by atoms with Gasteiger partial charge in [0.25, 0.3) is 0 Å². The van der Waals surface area contributed by atoms with Gasteiger partial charge in [-0.05, 0) is 30.5 Å². The van der Waals surface area contributed by atoms with Gasteiger partial charge in [0.15, 0.2) is 11.5 Å². The lowest BCUT2D eigenvalue weighted by atomic mass is 10.1. The molecule has 0 aromatic heterocycles. The van der Waals surface area contributed by atoms with Crippen LogP contribution in [0.4, 0.5) is 0 Å². The molecule has 17 heavy (non-hydrogen) atoms. The first-order valence-corrected chi connectivity index (χ1v) is 7.75. The summed E-state index contributed by atoms with van der Waals surface area (Å²) < 4.78 is 32.7. The van der Waals surface area contributed by atoms with Gasteiger partial charge in [0.05, 0.1) is 5.75 Å². The first-order chi connectivity index (χ1) is 7.96. The zero-order chi connectivity index (χ0) is 12.5. The van der Waals surface area contributed by atoms with Crippen molar-refractivity contribution in [3.05, 3.63) is 23.3 Å². The Morgan fingerprint density at radius 3 is 2.71 bits per heavy atom. The summed E-state index contributed by atoms with van der Waals surface area (Å²) in [4.78, 5) is 0. The minimum atomic E-state index is -3.46. The van der Waals surface area contributed by atoms with Crippen LogP contribution in [-0.4, -0.2) is 27.4 Å². The van der Waals surface area contributed by atoms with Crippen molar-refractivity contribution in [2.75, 3.05) is 19.0 Å². The van der Waals surface area contributed by atoms with Crippen molar-refractivity contribution in [1.82, 2.24) is 0 Å². The fourth-order valence-corrected chi connectivity index (χ4v) is 2.50. The molecule has 94 valence electrons. The minimum absolute atomic E-state index is 0.0758. The monoisotopic (exact) mass is 276 g/mol. The van der Waals surface area contributed by atoms with Crippen LogP contribution < -0.4 is 9.47 Å². The predicted molar refractivity (Wildman–Crippen MR) is 65.5 cm³/mol. The summed E-state index contributed by atoms with van der Waals surface area (Å²) in [7, 11) is 1.73. The third-order valence-electron chi connectivity index (χ3n) is 2.52. The zero-order valence-electron chi connectivity index (χ0n) is 9.40. The molecule has 0 radical (unpaired) electrons. The molecule has 6 heteroatoms. The summed E-state index contributed by atoms with van der Waals surface area (Å²) in [6, 6.07) is 3.71. The summed E-state index contributed by atoms with van der Waals surface area (Å²) in [6.07, 6.45) is 0.378. The average molecular weight is 277 g/mol. The molecule has 1 heterocycles. The summed E-state index contributed by atoms with van der Waals surface area (Å²) >= 11 is 0. The first kappa shape index (κ1) is 12.5. The highest BCUT2D eigenvalue weighted by Gasteiger charge is 2.16. The topological polar surface area (TPSA) is 52.6 Å². The van der Waals surface area contributed by atoms with Gasteiger partial charge < -0.3 is 9.47 Å².